The lowest BCUT2D eigenvalue weighted by atomic mass is 9.99. The molecule has 32 heavy (non-hydrogen) atoms. The van der Waals surface area contributed by atoms with Crippen molar-refractivity contribution in [2.75, 3.05) is 7.11 Å². The maximum absolute atomic E-state index is 13.5. The number of amidine groups is 1. The second-order valence-corrected chi connectivity index (χ2v) is 8.90. The van der Waals surface area contributed by atoms with Gasteiger partial charge in [0.25, 0.3) is 5.91 Å². The second-order valence-electron chi connectivity index (χ2n) is 7.89. The number of aryl methyl sites for hydroxylation is 3. The maximum atomic E-state index is 13.5. The SMILES string of the molecule is COc1ccc(CN2C(=O)/C(=C/c3c(C)cc(C)cc3C)SC2=Nc2ccccc2)cc1. The first-order valence-corrected chi connectivity index (χ1v) is 11.3. The van der Waals surface area contributed by atoms with Crippen molar-refractivity contribution >= 4 is 34.6 Å². The molecular formula is C27H26N2O2S. The van der Waals surface area contributed by atoms with E-state index in [0.29, 0.717) is 16.6 Å². The van der Waals surface area contributed by atoms with Gasteiger partial charge in [-0.3, -0.25) is 9.69 Å². The number of carbonyl (C=O) groups excluding carboxylic acids is 1. The number of hydrogen-bond acceptors (Lipinski definition) is 4. The highest BCUT2D eigenvalue weighted by Crippen LogP contribution is 2.36. The first kappa shape index (κ1) is 21.9. The summed E-state index contributed by atoms with van der Waals surface area (Å²) in [5.41, 5.74) is 6.49. The number of methoxy groups -OCH3 is 1. The third-order valence-electron chi connectivity index (χ3n) is 5.38. The van der Waals surface area contributed by atoms with Crippen LogP contribution in [0.3, 0.4) is 0 Å². The number of thioether (sulfide) groups is 1. The Bertz CT molecular complexity index is 1180. The van der Waals surface area contributed by atoms with Crippen LogP contribution in [0.15, 0.2) is 76.6 Å². The zero-order chi connectivity index (χ0) is 22.7. The monoisotopic (exact) mass is 442 g/mol. The molecule has 1 fully saturated rings. The highest BCUT2D eigenvalue weighted by molar-refractivity contribution is 8.18. The molecule has 1 amide bonds. The van der Waals surface area contributed by atoms with Crippen molar-refractivity contribution in [3.05, 3.63) is 99.5 Å². The Balaban J connectivity index is 1.72. The number of rotatable bonds is 5. The Kier molecular flexibility index (Phi) is 6.47. The summed E-state index contributed by atoms with van der Waals surface area (Å²) in [6, 6.07) is 21.8. The largest absolute Gasteiger partial charge is 0.497 e. The van der Waals surface area contributed by atoms with Gasteiger partial charge in [0.05, 0.1) is 24.2 Å². The molecule has 3 aromatic carbocycles. The van der Waals surface area contributed by atoms with Crippen LogP contribution >= 0.6 is 11.8 Å². The summed E-state index contributed by atoms with van der Waals surface area (Å²) in [5.74, 6) is 0.764. The number of ether oxygens (including phenoxy) is 1. The zero-order valence-corrected chi connectivity index (χ0v) is 19.6. The Morgan fingerprint density at radius 2 is 1.62 bits per heavy atom. The molecule has 1 aliphatic rings. The van der Waals surface area contributed by atoms with Gasteiger partial charge in [-0.2, -0.15) is 0 Å². The van der Waals surface area contributed by atoms with Gasteiger partial charge in [0.15, 0.2) is 5.17 Å². The third kappa shape index (κ3) is 4.78. The quantitative estimate of drug-likeness (QED) is 0.428. The summed E-state index contributed by atoms with van der Waals surface area (Å²) in [7, 11) is 1.65. The number of hydrogen-bond donors (Lipinski definition) is 0. The summed E-state index contributed by atoms with van der Waals surface area (Å²) in [4.78, 5) is 20.7. The van der Waals surface area contributed by atoms with Gasteiger partial charge in [0.1, 0.15) is 5.75 Å². The summed E-state index contributed by atoms with van der Waals surface area (Å²) in [6.45, 7) is 6.72. The number of aliphatic imine (C=N–C) groups is 1. The molecule has 0 spiro atoms. The Labute approximate surface area is 193 Å². The topological polar surface area (TPSA) is 41.9 Å². The summed E-state index contributed by atoms with van der Waals surface area (Å²) in [6.07, 6.45) is 2.01. The van der Waals surface area contributed by atoms with E-state index in [9.17, 15) is 4.79 Å². The molecule has 1 heterocycles. The molecule has 3 aromatic rings. The lowest BCUT2D eigenvalue weighted by molar-refractivity contribution is -0.122. The number of para-hydroxylation sites is 1. The Morgan fingerprint density at radius 3 is 2.25 bits per heavy atom. The number of amides is 1. The van der Waals surface area contributed by atoms with Crippen LogP contribution in [-0.4, -0.2) is 23.1 Å². The van der Waals surface area contributed by atoms with Crippen molar-refractivity contribution in [3.63, 3.8) is 0 Å². The molecule has 0 aliphatic carbocycles. The van der Waals surface area contributed by atoms with Crippen molar-refractivity contribution in [1.29, 1.82) is 0 Å². The first-order valence-electron chi connectivity index (χ1n) is 10.5. The second kappa shape index (κ2) is 9.45. The summed E-state index contributed by atoms with van der Waals surface area (Å²) < 4.78 is 5.26. The van der Waals surface area contributed by atoms with E-state index in [2.05, 4.69) is 32.9 Å². The van der Waals surface area contributed by atoms with Gasteiger partial charge >= 0.3 is 0 Å². The van der Waals surface area contributed by atoms with Gasteiger partial charge in [0.2, 0.25) is 0 Å². The van der Waals surface area contributed by atoms with E-state index in [1.807, 2.05) is 60.7 Å². The highest BCUT2D eigenvalue weighted by Gasteiger charge is 2.33. The van der Waals surface area contributed by atoms with E-state index in [1.165, 1.54) is 28.5 Å². The highest BCUT2D eigenvalue weighted by atomic mass is 32.2. The van der Waals surface area contributed by atoms with Crippen molar-refractivity contribution in [2.45, 2.75) is 27.3 Å². The third-order valence-corrected chi connectivity index (χ3v) is 6.39. The molecule has 0 bridgehead atoms. The van der Waals surface area contributed by atoms with Gasteiger partial charge in [0, 0.05) is 0 Å². The smallest absolute Gasteiger partial charge is 0.267 e. The average molecular weight is 443 g/mol. The van der Waals surface area contributed by atoms with Crippen LogP contribution in [0.25, 0.3) is 6.08 Å². The molecule has 0 unspecified atom stereocenters. The van der Waals surface area contributed by atoms with Crippen molar-refractivity contribution in [1.82, 2.24) is 4.90 Å². The molecule has 0 atom stereocenters. The summed E-state index contributed by atoms with van der Waals surface area (Å²) >= 11 is 1.43. The fourth-order valence-corrected chi connectivity index (χ4v) is 4.79. The van der Waals surface area contributed by atoms with E-state index in [-0.39, 0.29) is 5.91 Å². The minimum absolute atomic E-state index is 0.0279. The lowest BCUT2D eigenvalue weighted by Gasteiger charge is -2.16. The first-order chi connectivity index (χ1) is 15.4. The van der Waals surface area contributed by atoms with Gasteiger partial charge in [-0.25, -0.2) is 4.99 Å². The lowest BCUT2D eigenvalue weighted by Crippen LogP contribution is -2.28. The van der Waals surface area contributed by atoms with Crippen LogP contribution in [0.2, 0.25) is 0 Å². The fraction of sp³-hybridized carbons (Fsp3) is 0.185. The van der Waals surface area contributed by atoms with Gasteiger partial charge in [-0.15, -0.1) is 0 Å². The van der Waals surface area contributed by atoms with Crippen molar-refractivity contribution in [3.8, 4) is 5.75 Å². The molecule has 1 aliphatic heterocycles. The van der Waals surface area contributed by atoms with Crippen LogP contribution in [0, 0.1) is 20.8 Å². The molecule has 0 radical (unpaired) electrons. The van der Waals surface area contributed by atoms with E-state index in [0.717, 1.165) is 22.6 Å². The predicted molar refractivity (Wildman–Crippen MR) is 133 cm³/mol. The minimum atomic E-state index is -0.0279. The minimum Gasteiger partial charge on any atom is -0.497 e. The van der Waals surface area contributed by atoms with Crippen LogP contribution in [-0.2, 0) is 11.3 Å². The van der Waals surface area contributed by atoms with E-state index < -0.39 is 0 Å². The molecule has 0 aromatic heterocycles. The van der Waals surface area contributed by atoms with Gasteiger partial charge < -0.3 is 4.74 Å². The van der Waals surface area contributed by atoms with E-state index in [1.54, 1.807) is 12.0 Å². The van der Waals surface area contributed by atoms with E-state index in [4.69, 9.17) is 9.73 Å². The molecule has 4 rings (SSSR count). The summed E-state index contributed by atoms with van der Waals surface area (Å²) in [5, 5.41) is 0.686. The van der Waals surface area contributed by atoms with Crippen LogP contribution < -0.4 is 4.74 Å². The molecular weight excluding hydrogens is 416 g/mol. The van der Waals surface area contributed by atoms with Gasteiger partial charge in [-0.05, 0) is 85.1 Å². The average Bonchev–Trinajstić information content (AvgIpc) is 3.06. The van der Waals surface area contributed by atoms with E-state index >= 15 is 0 Å². The molecule has 5 heteroatoms. The van der Waals surface area contributed by atoms with Gasteiger partial charge in [-0.1, -0.05) is 48.0 Å². The molecule has 162 valence electrons. The molecule has 0 saturated carbocycles. The van der Waals surface area contributed by atoms with Crippen molar-refractivity contribution in [2.24, 2.45) is 4.99 Å². The van der Waals surface area contributed by atoms with Crippen LogP contribution in [0.5, 0.6) is 5.75 Å². The molecule has 4 nitrogen and oxygen atoms in total. The number of carbonyl (C=O) groups is 1. The molecule has 1 saturated heterocycles. The van der Waals surface area contributed by atoms with Crippen LogP contribution in [0.4, 0.5) is 5.69 Å². The molecule has 0 N–H and O–H groups in total. The Morgan fingerprint density at radius 1 is 0.969 bits per heavy atom. The fourth-order valence-electron chi connectivity index (χ4n) is 3.81. The maximum Gasteiger partial charge on any atom is 0.267 e. The van der Waals surface area contributed by atoms with Crippen LogP contribution in [0.1, 0.15) is 27.8 Å². The Hall–Kier alpha value is -3.31. The predicted octanol–water partition coefficient (Wildman–Crippen LogP) is 6.42. The number of nitrogens with zero attached hydrogens (tertiary/aromatic N) is 2. The number of benzene rings is 3. The standard InChI is InChI=1S/C27H26N2O2S/c1-18-14-19(2)24(20(3)15-18)16-25-26(30)29(17-21-10-12-23(31-4)13-11-21)27(32-25)28-22-8-6-5-7-9-22/h5-16H,17H2,1-4H3/b25-16-,28-27?. The zero-order valence-electron chi connectivity index (χ0n) is 18.8. The normalized spacial score (nSPS) is 16.2. The van der Waals surface area contributed by atoms with Crippen molar-refractivity contribution < 1.29 is 9.53 Å².